The minimum Gasteiger partial charge on any atom is -0.355 e. The molecule has 0 spiro atoms. The Balaban J connectivity index is 2.01. The van der Waals surface area contributed by atoms with Gasteiger partial charge in [0.15, 0.2) is 0 Å². The van der Waals surface area contributed by atoms with Gasteiger partial charge in [-0.3, -0.25) is 4.79 Å². The van der Waals surface area contributed by atoms with Crippen LogP contribution in [0.1, 0.15) is 5.56 Å². The van der Waals surface area contributed by atoms with Crippen molar-refractivity contribution in [2.45, 2.75) is 6.04 Å². The third-order valence-electron chi connectivity index (χ3n) is 3.22. The summed E-state index contributed by atoms with van der Waals surface area (Å²) in [6.07, 6.45) is 0. The smallest absolute Gasteiger partial charge is 0.243 e. The number of nitriles is 1. The maximum atomic E-state index is 11.6. The van der Waals surface area contributed by atoms with Gasteiger partial charge in [0.25, 0.3) is 0 Å². The summed E-state index contributed by atoms with van der Waals surface area (Å²) in [5, 5.41) is 14.9. The topological polar surface area (TPSA) is 68.2 Å². The second-order valence-corrected chi connectivity index (χ2v) is 4.33. The fourth-order valence-electron chi connectivity index (χ4n) is 2.21. The number of amides is 1. The molecule has 0 bridgehead atoms. The standard InChI is InChI=1S/C12H12N4O/c13-4-8-1-2-11-10(3-8)15-12(17)7-16(11)9-5-14-6-9/h1-3,9,14H,5-7H2,(H,15,17). The van der Waals surface area contributed by atoms with E-state index in [1.165, 1.54) is 0 Å². The average Bonchev–Trinajstić information content (AvgIpc) is 2.25. The Morgan fingerprint density at radius 3 is 2.88 bits per heavy atom. The van der Waals surface area contributed by atoms with Crippen LogP contribution in [0, 0.1) is 11.3 Å². The maximum Gasteiger partial charge on any atom is 0.243 e. The third-order valence-corrected chi connectivity index (χ3v) is 3.22. The van der Waals surface area contributed by atoms with Crippen molar-refractivity contribution in [2.24, 2.45) is 0 Å². The molecule has 2 N–H and O–H groups in total. The van der Waals surface area contributed by atoms with Crippen molar-refractivity contribution in [2.75, 3.05) is 29.9 Å². The maximum absolute atomic E-state index is 11.6. The van der Waals surface area contributed by atoms with Gasteiger partial charge in [-0.15, -0.1) is 0 Å². The van der Waals surface area contributed by atoms with Gasteiger partial charge < -0.3 is 15.5 Å². The monoisotopic (exact) mass is 228 g/mol. The molecule has 1 fully saturated rings. The number of benzene rings is 1. The van der Waals surface area contributed by atoms with Crippen LogP contribution in [0.2, 0.25) is 0 Å². The SMILES string of the molecule is N#Cc1ccc2c(c1)NC(=O)CN2C1CNC1. The summed E-state index contributed by atoms with van der Waals surface area (Å²) in [7, 11) is 0. The van der Waals surface area contributed by atoms with Crippen LogP contribution in [-0.2, 0) is 4.79 Å². The molecule has 1 amide bonds. The summed E-state index contributed by atoms with van der Waals surface area (Å²) >= 11 is 0. The Labute approximate surface area is 99.0 Å². The summed E-state index contributed by atoms with van der Waals surface area (Å²) < 4.78 is 0. The number of fused-ring (bicyclic) bond motifs is 1. The number of anilines is 2. The fraction of sp³-hybridized carbons (Fsp3) is 0.333. The van der Waals surface area contributed by atoms with Crippen LogP contribution in [0.5, 0.6) is 0 Å². The zero-order valence-corrected chi connectivity index (χ0v) is 9.23. The molecule has 5 nitrogen and oxygen atoms in total. The van der Waals surface area contributed by atoms with E-state index in [2.05, 4.69) is 21.6 Å². The zero-order valence-electron chi connectivity index (χ0n) is 9.23. The van der Waals surface area contributed by atoms with Gasteiger partial charge in [0, 0.05) is 13.1 Å². The van der Waals surface area contributed by atoms with E-state index in [-0.39, 0.29) is 5.91 Å². The molecular weight excluding hydrogens is 216 g/mol. The number of nitrogens with zero attached hydrogens (tertiary/aromatic N) is 2. The molecule has 2 aliphatic heterocycles. The average molecular weight is 228 g/mol. The molecule has 0 unspecified atom stereocenters. The lowest BCUT2D eigenvalue weighted by Gasteiger charge is -2.42. The van der Waals surface area contributed by atoms with Crippen molar-refractivity contribution in [3.63, 3.8) is 0 Å². The highest BCUT2D eigenvalue weighted by Gasteiger charge is 2.31. The van der Waals surface area contributed by atoms with Crippen LogP contribution in [0.15, 0.2) is 18.2 Å². The molecular formula is C12H12N4O. The number of carbonyl (C=O) groups excluding carboxylic acids is 1. The second-order valence-electron chi connectivity index (χ2n) is 4.33. The molecule has 0 aliphatic carbocycles. The Morgan fingerprint density at radius 2 is 2.24 bits per heavy atom. The normalized spacial score (nSPS) is 19.0. The number of nitrogens with one attached hydrogen (secondary N) is 2. The minimum absolute atomic E-state index is 0.0144. The molecule has 2 heterocycles. The van der Waals surface area contributed by atoms with E-state index in [9.17, 15) is 4.79 Å². The predicted octanol–water partition coefficient (Wildman–Crippen LogP) is 0.289. The Bertz CT molecular complexity index is 516. The van der Waals surface area contributed by atoms with E-state index in [4.69, 9.17) is 5.26 Å². The van der Waals surface area contributed by atoms with Gasteiger partial charge in [0.05, 0.1) is 35.6 Å². The van der Waals surface area contributed by atoms with Gasteiger partial charge >= 0.3 is 0 Å². The fourth-order valence-corrected chi connectivity index (χ4v) is 2.21. The molecule has 86 valence electrons. The van der Waals surface area contributed by atoms with E-state index in [0.29, 0.717) is 18.2 Å². The largest absolute Gasteiger partial charge is 0.355 e. The van der Waals surface area contributed by atoms with E-state index in [1.54, 1.807) is 12.1 Å². The van der Waals surface area contributed by atoms with Gasteiger partial charge in [0.2, 0.25) is 5.91 Å². The molecule has 1 aromatic rings. The first-order valence-corrected chi connectivity index (χ1v) is 5.59. The lowest BCUT2D eigenvalue weighted by molar-refractivity contribution is -0.115. The second kappa shape index (κ2) is 3.75. The van der Waals surface area contributed by atoms with E-state index < -0.39 is 0 Å². The zero-order chi connectivity index (χ0) is 11.8. The first-order chi connectivity index (χ1) is 8.28. The molecule has 5 heteroatoms. The van der Waals surface area contributed by atoms with E-state index in [1.807, 2.05) is 6.07 Å². The van der Waals surface area contributed by atoms with E-state index >= 15 is 0 Å². The van der Waals surface area contributed by atoms with Crippen molar-refractivity contribution in [1.29, 1.82) is 5.26 Å². The summed E-state index contributed by atoms with van der Waals surface area (Å²) in [6, 6.07) is 7.89. The van der Waals surface area contributed by atoms with Crippen molar-refractivity contribution in [3.05, 3.63) is 23.8 Å². The quantitative estimate of drug-likeness (QED) is 0.725. The van der Waals surface area contributed by atoms with Gasteiger partial charge in [-0.1, -0.05) is 0 Å². The highest BCUT2D eigenvalue weighted by molar-refractivity contribution is 6.01. The first-order valence-electron chi connectivity index (χ1n) is 5.59. The highest BCUT2D eigenvalue weighted by atomic mass is 16.2. The lowest BCUT2D eigenvalue weighted by Crippen LogP contribution is -2.60. The molecule has 2 aliphatic rings. The van der Waals surface area contributed by atoms with Crippen LogP contribution < -0.4 is 15.5 Å². The van der Waals surface area contributed by atoms with Crippen molar-refractivity contribution >= 4 is 17.3 Å². The summed E-state index contributed by atoms with van der Waals surface area (Å²) in [6.45, 7) is 2.21. The summed E-state index contributed by atoms with van der Waals surface area (Å²) in [5.41, 5.74) is 2.32. The van der Waals surface area contributed by atoms with Crippen molar-refractivity contribution in [3.8, 4) is 6.07 Å². The van der Waals surface area contributed by atoms with Crippen LogP contribution in [-0.4, -0.2) is 31.6 Å². The van der Waals surface area contributed by atoms with Crippen LogP contribution in [0.4, 0.5) is 11.4 Å². The number of hydrogen-bond acceptors (Lipinski definition) is 4. The van der Waals surface area contributed by atoms with Crippen molar-refractivity contribution in [1.82, 2.24) is 5.32 Å². The molecule has 0 saturated carbocycles. The highest BCUT2D eigenvalue weighted by Crippen LogP contribution is 2.32. The molecule has 17 heavy (non-hydrogen) atoms. The number of hydrogen-bond donors (Lipinski definition) is 2. The molecule has 1 saturated heterocycles. The predicted molar refractivity (Wildman–Crippen MR) is 63.8 cm³/mol. The minimum atomic E-state index is -0.0144. The number of carbonyl (C=O) groups is 1. The third kappa shape index (κ3) is 1.63. The Morgan fingerprint density at radius 1 is 1.41 bits per heavy atom. The van der Waals surface area contributed by atoms with Gasteiger partial charge in [-0.05, 0) is 18.2 Å². The van der Waals surface area contributed by atoms with Crippen LogP contribution in [0.3, 0.4) is 0 Å². The molecule has 0 radical (unpaired) electrons. The van der Waals surface area contributed by atoms with Gasteiger partial charge in [-0.2, -0.15) is 5.26 Å². The first kappa shape index (κ1) is 10.1. The van der Waals surface area contributed by atoms with Crippen LogP contribution in [0.25, 0.3) is 0 Å². The van der Waals surface area contributed by atoms with Crippen LogP contribution >= 0.6 is 0 Å². The Hall–Kier alpha value is -2.06. The van der Waals surface area contributed by atoms with Gasteiger partial charge in [0.1, 0.15) is 0 Å². The summed E-state index contributed by atoms with van der Waals surface area (Å²) in [5.74, 6) is -0.0144. The molecule has 3 rings (SSSR count). The van der Waals surface area contributed by atoms with Crippen molar-refractivity contribution < 1.29 is 4.79 Å². The number of rotatable bonds is 1. The molecule has 0 atom stereocenters. The lowest BCUT2D eigenvalue weighted by atomic mass is 10.1. The molecule has 0 aromatic heterocycles. The molecule has 1 aromatic carbocycles. The summed E-state index contributed by atoms with van der Waals surface area (Å²) in [4.78, 5) is 13.7. The van der Waals surface area contributed by atoms with Gasteiger partial charge in [-0.25, -0.2) is 0 Å². The Kier molecular flexibility index (Phi) is 2.23. The van der Waals surface area contributed by atoms with E-state index in [0.717, 1.165) is 24.5 Å².